The number of hydrogen-bond acceptors (Lipinski definition) is 4. The summed E-state index contributed by atoms with van der Waals surface area (Å²) in [5, 5.41) is 3.38. The fourth-order valence-corrected chi connectivity index (χ4v) is 3.20. The highest BCUT2D eigenvalue weighted by atomic mass is 35.5. The molecule has 0 spiro atoms. The minimum atomic E-state index is 0. The van der Waals surface area contributed by atoms with E-state index in [1.54, 1.807) is 7.11 Å². The van der Waals surface area contributed by atoms with Crippen molar-refractivity contribution in [2.75, 3.05) is 39.9 Å². The Bertz CT molecular complexity index is 500. The molecular weight excluding hydrogens is 304 g/mol. The van der Waals surface area contributed by atoms with Crippen molar-refractivity contribution in [2.24, 2.45) is 11.8 Å². The van der Waals surface area contributed by atoms with Crippen molar-refractivity contribution in [1.82, 2.24) is 10.2 Å². The Labute approximate surface area is 137 Å². The number of ether oxygens (including phenoxy) is 2. The molecule has 0 aromatic heterocycles. The summed E-state index contributed by atoms with van der Waals surface area (Å²) in [5.41, 5.74) is 0. The van der Waals surface area contributed by atoms with Crippen LogP contribution in [0.2, 0.25) is 0 Å². The van der Waals surface area contributed by atoms with Gasteiger partial charge < -0.3 is 19.7 Å². The predicted molar refractivity (Wildman–Crippen MR) is 86.8 cm³/mol. The van der Waals surface area contributed by atoms with Crippen molar-refractivity contribution in [1.29, 1.82) is 0 Å². The number of hydrogen-bond donors (Lipinski definition) is 1. The van der Waals surface area contributed by atoms with E-state index in [2.05, 4.69) is 5.32 Å². The highest BCUT2D eigenvalue weighted by Crippen LogP contribution is 2.27. The number of methoxy groups -OCH3 is 1. The van der Waals surface area contributed by atoms with Gasteiger partial charge in [-0.1, -0.05) is 12.1 Å². The molecule has 2 fully saturated rings. The number of likely N-dealkylation sites (tertiary alicyclic amines) is 1. The van der Waals surface area contributed by atoms with Gasteiger partial charge in [-0.15, -0.1) is 12.4 Å². The van der Waals surface area contributed by atoms with E-state index < -0.39 is 0 Å². The molecule has 1 aromatic carbocycles. The molecule has 0 radical (unpaired) electrons. The van der Waals surface area contributed by atoms with E-state index in [1.807, 2.05) is 29.2 Å². The quantitative estimate of drug-likeness (QED) is 0.892. The first-order valence-corrected chi connectivity index (χ1v) is 7.52. The SMILES string of the molecule is COc1ccccc1OCCC(=O)N1C[C@H]2CNC[C@H]2C1.Cl. The monoisotopic (exact) mass is 326 g/mol. The summed E-state index contributed by atoms with van der Waals surface area (Å²) in [7, 11) is 1.62. The molecule has 0 saturated carbocycles. The fraction of sp³-hybridized carbons (Fsp3) is 0.562. The number of benzene rings is 1. The van der Waals surface area contributed by atoms with Gasteiger partial charge in [-0.25, -0.2) is 0 Å². The van der Waals surface area contributed by atoms with Crippen LogP contribution in [0.4, 0.5) is 0 Å². The Morgan fingerprint density at radius 2 is 1.86 bits per heavy atom. The van der Waals surface area contributed by atoms with Gasteiger partial charge in [0.15, 0.2) is 11.5 Å². The van der Waals surface area contributed by atoms with E-state index >= 15 is 0 Å². The molecule has 0 bridgehead atoms. The highest BCUT2D eigenvalue weighted by Gasteiger charge is 2.37. The largest absolute Gasteiger partial charge is 0.493 e. The number of rotatable bonds is 5. The number of fused-ring (bicyclic) bond motifs is 1. The number of amides is 1. The second-order valence-corrected chi connectivity index (χ2v) is 5.73. The summed E-state index contributed by atoms with van der Waals surface area (Å²) in [6.07, 6.45) is 0.422. The lowest BCUT2D eigenvalue weighted by atomic mass is 10.0. The normalized spacial score (nSPS) is 22.9. The van der Waals surface area contributed by atoms with Gasteiger partial charge in [0, 0.05) is 26.2 Å². The summed E-state index contributed by atoms with van der Waals surface area (Å²) in [5.74, 6) is 2.87. The van der Waals surface area contributed by atoms with Crippen molar-refractivity contribution in [3.63, 3.8) is 0 Å². The van der Waals surface area contributed by atoms with E-state index in [0.717, 1.165) is 26.2 Å². The molecule has 2 heterocycles. The van der Waals surface area contributed by atoms with E-state index in [-0.39, 0.29) is 18.3 Å². The summed E-state index contributed by atoms with van der Waals surface area (Å²) < 4.78 is 10.9. The van der Waals surface area contributed by atoms with Crippen molar-refractivity contribution in [3.8, 4) is 11.5 Å². The average molecular weight is 327 g/mol. The molecule has 0 unspecified atom stereocenters. The lowest BCUT2D eigenvalue weighted by molar-refractivity contribution is -0.130. The summed E-state index contributed by atoms with van der Waals surface area (Å²) in [4.78, 5) is 14.2. The highest BCUT2D eigenvalue weighted by molar-refractivity contribution is 5.85. The van der Waals surface area contributed by atoms with Gasteiger partial charge in [-0.3, -0.25) is 4.79 Å². The van der Waals surface area contributed by atoms with Crippen LogP contribution in [-0.4, -0.2) is 50.7 Å². The molecule has 2 aliphatic rings. The molecule has 2 atom stereocenters. The van der Waals surface area contributed by atoms with Crippen LogP contribution in [0.3, 0.4) is 0 Å². The first kappa shape index (κ1) is 16.9. The number of nitrogens with zero attached hydrogens (tertiary/aromatic N) is 1. The lowest BCUT2D eigenvalue weighted by Crippen LogP contribution is -2.32. The van der Waals surface area contributed by atoms with Crippen LogP contribution in [0.5, 0.6) is 11.5 Å². The zero-order chi connectivity index (χ0) is 14.7. The maximum Gasteiger partial charge on any atom is 0.226 e. The first-order valence-electron chi connectivity index (χ1n) is 7.52. The molecule has 3 rings (SSSR count). The van der Waals surface area contributed by atoms with E-state index in [0.29, 0.717) is 36.4 Å². The van der Waals surface area contributed by atoms with Crippen LogP contribution in [-0.2, 0) is 4.79 Å². The zero-order valence-corrected chi connectivity index (χ0v) is 13.6. The second kappa shape index (κ2) is 7.70. The van der Waals surface area contributed by atoms with Crippen molar-refractivity contribution in [3.05, 3.63) is 24.3 Å². The van der Waals surface area contributed by atoms with Crippen molar-refractivity contribution >= 4 is 18.3 Å². The number of para-hydroxylation sites is 2. The Kier molecular flexibility index (Phi) is 5.91. The minimum absolute atomic E-state index is 0. The van der Waals surface area contributed by atoms with E-state index in [9.17, 15) is 4.79 Å². The van der Waals surface area contributed by atoms with Gasteiger partial charge in [0.05, 0.1) is 20.1 Å². The third-order valence-corrected chi connectivity index (χ3v) is 4.38. The van der Waals surface area contributed by atoms with Crippen LogP contribution >= 0.6 is 12.4 Å². The molecule has 6 heteroatoms. The third kappa shape index (κ3) is 3.65. The Morgan fingerprint density at radius 1 is 1.23 bits per heavy atom. The average Bonchev–Trinajstić information content (AvgIpc) is 3.09. The predicted octanol–water partition coefficient (Wildman–Crippen LogP) is 1.56. The number of nitrogens with one attached hydrogen (secondary N) is 1. The topological polar surface area (TPSA) is 50.8 Å². The van der Waals surface area contributed by atoms with Gasteiger partial charge in [0.25, 0.3) is 0 Å². The Hall–Kier alpha value is -1.46. The lowest BCUT2D eigenvalue weighted by Gasteiger charge is -2.18. The van der Waals surface area contributed by atoms with Crippen molar-refractivity contribution in [2.45, 2.75) is 6.42 Å². The van der Waals surface area contributed by atoms with Crippen LogP contribution in [0.15, 0.2) is 24.3 Å². The summed E-state index contributed by atoms with van der Waals surface area (Å²) >= 11 is 0. The molecule has 5 nitrogen and oxygen atoms in total. The molecular formula is C16H23ClN2O3. The third-order valence-electron chi connectivity index (χ3n) is 4.38. The standard InChI is InChI=1S/C16H22N2O3.ClH/c1-20-14-4-2-3-5-15(14)21-7-6-16(19)18-10-12-8-17-9-13(12)11-18;/h2-5,12-13,17H,6-11H2,1H3;1H/t12-,13+;. The molecule has 22 heavy (non-hydrogen) atoms. The molecule has 0 aliphatic carbocycles. The van der Waals surface area contributed by atoms with Gasteiger partial charge in [0.2, 0.25) is 5.91 Å². The zero-order valence-electron chi connectivity index (χ0n) is 12.8. The van der Waals surface area contributed by atoms with Crippen molar-refractivity contribution < 1.29 is 14.3 Å². The van der Waals surface area contributed by atoms with Gasteiger partial charge >= 0.3 is 0 Å². The number of carbonyl (C=O) groups excluding carboxylic acids is 1. The van der Waals surface area contributed by atoms with E-state index in [4.69, 9.17) is 9.47 Å². The smallest absolute Gasteiger partial charge is 0.226 e. The van der Waals surface area contributed by atoms with Gasteiger partial charge in [0.1, 0.15) is 0 Å². The molecule has 2 saturated heterocycles. The number of carbonyl (C=O) groups is 1. The van der Waals surface area contributed by atoms with Gasteiger partial charge in [-0.2, -0.15) is 0 Å². The van der Waals surface area contributed by atoms with Crippen LogP contribution in [0.1, 0.15) is 6.42 Å². The molecule has 1 aromatic rings. The van der Waals surface area contributed by atoms with E-state index in [1.165, 1.54) is 0 Å². The molecule has 122 valence electrons. The number of halogens is 1. The maximum absolute atomic E-state index is 12.2. The molecule has 2 aliphatic heterocycles. The Balaban J connectivity index is 0.00000176. The molecule has 1 N–H and O–H groups in total. The maximum atomic E-state index is 12.2. The first-order chi connectivity index (χ1) is 10.3. The van der Waals surface area contributed by atoms with Gasteiger partial charge in [-0.05, 0) is 24.0 Å². The Morgan fingerprint density at radius 3 is 2.50 bits per heavy atom. The van der Waals surface area contributed by atoms with Crippen LogP contribution < -0.4 is 14.8 Å². The second-order valence-electron chi connectivity index (χ2n) is 5.73. The summed E-state index contributed by atoms with van der Waals surface area (Å²) in [6.45, 7) is 4.28. The fourth-order valence-electron chi connectivity index (χ4n) is 3.20. The summed E-state index contributed by atoms with van der Waals surface area (Å²) in [6, 6.07) is 7.50. The molecule has 1 amide bonds. The van der Waals surface area contributed by atoms with Crippen LogP contribution in [0.25, 0.3) is 0 Å². The minimum Gasteiger partial charge on any atom is -0.493 e. The van der Waals surface area contributed by atoms with Crippen LogP contribution in [0, 0.1) is 11.8 Å².